The quantitative estimate of drug-likeness (QED) is 0.939. The zero-order chi connectivity index (χ0) is 14.5. The fourth-order valence-corrected chi connectivity index (χ4v) is 1.94. The SMILES string of the molecule is N#Cc1ccc(COc2ccc(F)cc2CO)c(Cl)c1. The number of rotatable bonds is 4. The van der Waals surface area contributed by atoms with Gasteiger partial charge < -0.3 is 9.84 Å². The van der Waals surface area contributed by atoms with Crippen molar-refractivity contribution in [3.8, 4) is 11.8 Å². The number of hydrogen-bond donors (Lipinski definition) is 1. The Hall–Kier alpha value is -2.09. The molecule has 2 aromatic carbocycles. The molecule has 5 heteroatoms. The van der Waals surface area contributed by atoms with Gasteiger partial charge in [-0.25, -0.2) is 4.39 Å². The van der Waals surface area contributed by atoms with Crippen LogP contribution in [0.5, 0.6) is 5.75 Å². The van der Waals surface area contributed by atoms with Gasteiger partial charge in [-0.05, 0) is 30.3 Å². The van der Waals surface area contributed by atoms with Crippen molar-refractivity contribution in [1.29, 1.82) is 5.26 Å². The molecule has 2 rings (SSSR count). The molecule has 3 nitrogen and oxygen atoms in total. The monoisotopic (exact) mass is 291 g/mol. The Morgan fingerprint density at radius 3 is 2.65 bits per heavy atom. The molecule has 2 aromatic rings. The molecule has 0 saturated heterocycles. The van der Waals surface area contributed by atoms with Gasteiger partial charge in [-0.3, -0.25) is 0 Å². The van der Waals surface area contributed by atoms with Crippen LogP contribution in [0.3, 0.4) is 0 Å². The van der Waals surface area contributed by atoms with E-state index in [4.69, 9.17) is 26.7 Å². The first-order chi connectivity index (χ1) is 9.63. The number of nitrogens with zero attached hydrogens (tertiary/aromatic N) is 1. The highest BCUT2D eigenvalue weighted by Crippen LogP contribution is 2.23. The predicted octanol–water partition coefficient (Wildman–Crippen LogP) is 3.42. The summed E-state index contributed by atoms with van der Waals surface area (Å²) in [6, 6.07) is 10.8. The van der Waals surface area contributed by atoms with Gasteiger partial charge in [0, 0.05) is 16.1 Å². The van der Waals surface area contributed by atoms with Crippen molar-refractivity contribution in [1.82, 2.24) is 0 Å². The average Bonchev–Trinajstić information content (AvgIpc) is 2.46. The molecular formula is C15H11ClFNO2. The molecule has 0 fully saturated rings. The number of aliphatic hydroxyl groups excluding tert-OH is 1. The Morgan fingerprint density at radius 1 is 1.20 bits per heavy atom. The lowest BCUT2D eigenvalue weighted by atomic mass is 10.1. The van der Waals surface area contributed by atoms with Gasteiger partial charge in [-0.1, -0.05) is 17.7 Å². The second-order valence-electron chi connectivity index (χ2n) is 4.12. The summed E-state index contributed by atoms with van der Waals surface area (Å²) in [5.41, 5.74) is 1.55. The summed E-state index contributed by atoms with van der Waals surface area (Å²) in [4.78, 5) is 0. The van der Waals surface area contributed by atoms with Crippen LogP contribution in [0.15, 0.2) is 36.4 Å². The fraction of sp³-hybridized carbons (Fsp3) is 0.133. The largest absolute Gasteiger partial charge is 0.488 e. The lowest BCUT2D eigenvalue weighted by Crippen LogP contribution is -2.00. The Kier molecular flexibility index (Phi) is 4.57. The average molecular weight is 292 g/mol. The van der Waals surface area contributed by atoms with Gasteiger partial charge in [-0.2, -0.15) is 5.26 Å². The molecule has 0 spiro atoms. The van der Waals surface area contributed by atoms with Gasteiger partial charge in [-0.15, -0.1) is 0 Å². The summed E-state index contributed by atoms with van der Waals surface area (Å²) in [5.74, 6) is -0.0351. The first kappa shape index (κ1) is 14.3. The molecular weight excluding hydrogens is 281 g/mol. The summed E-state index contributed by atoms with van der Waals surface area (Å²) in [5, 5.41) is 18.3. The number of hydrogen-bond acceptors (Lipinski definition) is 3. The topological polar surface area (TPSA) is 53.2 Å². The molecule has 0 bridgehead atoms. The van der Waals surface area contributed by atoms with E-state index < -0.39 is 5.82 Å². The van der Waals surface area contributed by atoms with Crippen LogP contribution in [0.1, 0.15) is 16.7 Å². The number of benzene rings is 2. The van der Waals surface area contributed by atoms with Crippen molar-refractivity contribution in [3.05, 3.63) is 63.9 Å². The summed E-state index contributed by atoms with van der Waals surface area (Å²) < 4.78 is 18.6. The van der Waals surface area contributed by atoms with E-state index in [0.717, 1.165) is 0 Å². The van der Waals surface area contributed by atoms with Gasteiger partial charge >= 0.3 is 0 Å². The third-order valence-corrected chi connectivity index (χ3v) is 3.11. The first-order valence-electron chi connectivity index (χ1n) is 5.84. The van der Waals surface area contributed by atoms with Crippen LogP contribution in [-0.4, -0.2) is 5.11 Å². The summed E-state index contributed by atoms with van der Waals surface area (Å²) in [6.45, 7) is -0.141. The van der Waals surface area contributed by atoms with Gasteiger partial charge in [0.1, 0.15) is 18.2 Å². The molecule has 0 radical (unpaired) electrons. The molecule has 0 amide bonds. The Bertz CT molecular complexity index is 667. The molecule has 20 heavy (non-hydrogen) atoms. The van der Waals surface area contributed by atoms with E-state index in [0.29, 0.717) is 27.5 Å². The van der Waals surface area contributed by atoms with Crippen molar-refractivity contribution in [2.75, 3.05) is 0 Å². The molecule has 0 aliphatic carbocycles. The molecule has 0 unspecified atom stereocenters. The number of ether oxygens (including phenoxy) is 1. The molecule has 0 saturated carbocycles. The highest BCUT2D eigenvalue weighted by Gasteiger charge is 2.07. The second kappa shape index (κ2) is 6.38. The summed E-state index contributed by atoms with van der Waals surface area (Å²) in [6.07, 6.45) is 0. The summed E-state index contributed by atoms with van der Waals surface area (Å²) >= 11 is 6.03. The molecule has 1 N–H and O–H groups in total. The Morgan fingerprint density at radius 2 is 2.00 bits per heavy atom. The first-order valence-corrected chi connectivity index (χ1v) is 6.22. The lowest BCUT2D eigenvalue weighted by molar-refractivity contribution is 0.258. The van der Waals surface area contributed by atoms with Crippen molar-refractivity contribution in [3.63, 3.8) is 0 Å². The second-order valence-corrected chi connectivity index (χ2v) is 4.52. The van der Waals surface area contributed by atoms with E-state index in [1.54, 1.807) is 18.2 Å². The fourth-order valence-electron chi connectivity index (χ4n) is 1.70. The minimum absolute atomic E-state index is 0.170. The van der Waals surface area contributed by atoms with Crippen molar-refractivity contribution >= 4 is 11.6 Å². The highest BCUT2D eigenvalue weighted by atomic mass is 35.5. The number of halogens is 2. The maximum atomic E-state index is 13.0. The van der Waals surface area contributed by atoms with Crippen molar-refractivity contribution in [2.45, 2.75) is 13.2 Å². The standard InChI is InChI=1S/C15H11ClFNO2/c16-14-5-10(7-18)1-2-11(14)9-20-15-4-3-13(17)6-12(15)8-19/h1-6,19H,8-9H2. The molecule has 0 aromatic heterocycles. The highest BCUT2D eigenvalue weighted by molar-refractivity contribution is 6.31. The van der Waals surface area contributed by atoms with Crippen LogP contribution in [0.2, 0.25) is 5.02 Å². The minimum Gasteiger partial charge on any atom is -0.488 e. The van der Waals surface area contributed by atoms with Crippen LogP contribution in [0, 0.1) is 17.1 Å². The lowest BCUT2D eigenvalue weighted by Gasteiger charge is -2.11. The third-order valence-electron chi connectivity index (χ3n) is 2.76. The molecule has 0 atom stereocenters. The minimum atomic E-state index is -0.433. The van der Waals surface area contributed by atoms with Gasteiger partial charge in [0.2, 0.25) is 0 Å². The Labute approximate surface area is 120 Å². The summed E-state index contributed by atoms with van der Waals surface area (Å²) in [7, 11) is 0. The predicted molar refractivity (Wildman–Crippen MR) is 72.8 cm³/mol. The van der Waals surface area contributed by atoms with Crippen LogP contribution >= 0.6 is 11.6 Å². The van der Waals surface area contributed by atoms with Gasteiger partial charge in [0.25, 0.3) is 0 Å². The number of nitriles is 1. The molecule has 0 heterocycles. The smallest absolute Gasteiger partial charge is 0.125 e. The normalized spacial score (nSPS) is 10.1. The number of aliphatic hydroxyl groups is 1. The van der Waals surface area contributed by atoms with Gasteiger partial charge in [0.05, 0.1) is 18.2 Å². The van der Waals surface area contributed by atoms with Crippen LogP contribution in [-0.2, 0) is 13.2 Å². The van der Waals surface area contributed by atoms with Crippen molar-refractivity contribution in [2.24, 2.45) is 0 Å². The van der Waals surface area contributed by atoms with Crippen LogP contribution in [0.25, 0.3) is 0 Å². The zero-order valence-electron chi connectivity index (χ0n) is 10.4. The maximum Gasteiger partial charge on any atom is 0.125 e. The van der Waals surface area contributed by atoms with E-state index in [2.05, 4.69) is 0 Å². The molecule has 102 valence electrons. The zero-order valence-corrected chi connectivity index (χ0v) is 11.2. The Balaban J connectivity index is 2.15. The molecule has 0 aliphatic rings. The maximum absolute atomic E-state index is 13.0. The van der Waals surface area contributed by atoms with E-state index >= 15 is 0 Å². The van der Waals surface area contributed by atoms with E-state index in [-0.39, 0.29) is 13.2 Å². The van der Waals surface area contributed by atoms with Crippen LogP contribution in [0.4, 0.5) is 4.39 Å². The van der Waals surface area contributed by atoms with Crippen LogP contribution < -0.4 is 4.74 Å². The van der Waals surface area contributed by atoms with Crippen molar-refractivity contribution < 1.29 is 14.2 Å². The van der Waals surface area contributed by atoms with E-state index in [1.165, 1.54) is 18.2 Å². The third kappa shape index (κ3) is 3.27. The van der Waals surface area contributed by atoms with E-state index in [9.17, 15) is 4.39 Å². The van der Waals surface area contributed by atoms with E-state index in [1.807, 2.05) is 6.07 Å². The molecule has 0 aliphatic heterocycles. The van der Waals surface area contributed by atoms with Gasteiger partial charge in [0.15, 0.2) is 0 Å².